The number of nitrogens with one attached hydrogen (secondary N) is 2. The standard InChI is InChI=1S/C21H26N6O2/c1-14-11-15(3-4-17(14)29-2)12-18(28)23-9-10-27-21-20(24-7-8-25-21)19(26-27)16-5-6-22-13-16/h3-4,7-8,11,16,22H,5-6,9-10,12-13H2,1-2H3,(H,23,28)/t16-/m0/s1. The summed E-state index contributed by atoms with van der Waals surface area (Å²) in [6.45, 7) is 4.94. The van der Waals surface area contributed by atoms with Gasteiger partial charge in [-0.1, -0.05) is 12.1 Å². The van der Waals surface area contributed by atoms with E-state index in [1.165, 1.54) is 0 Å². The summed E-state index contributed by atoms with van der Waals surface area (Å²) in [7, 11) is 1.65. The van der Waals surface area contributed by atoms with Crippen LogP contribution in [0.1, 0.15) is 29.2 Å². The van der Waals surface area contributed by atoms with Gasteiger partial charge in [0.1, 0.15) is 11.3 Å². The van der Waals surface area contributed by atoms with Crippen molar-refractivity contribution in [2.75, 3.05) is 26.7 Å². The first-order valence-corrected chi connectivity index (χ1v) is 9.94. The average molecular weight is 394 g/mol. The molecule has 2 aromatic heterocycles. The Morgan fingerprint density at radius 1 is 1.34 bits per heavy atom. The highest BCUT2D eigenvalue weighted by molar-refractivity contribution is 5.78. The molecule has 1 amide bonds. The summed E-state index contributed by atoms with van der Waals surface area (Å²) >= 11 is 0. The molecule has 8 nitrogen and oxygen atoms in total. The fourth-order valence-electron chi connectivity index (χ4n) is 3.84. The molecule has 1 atom stereocenters. The van der Waals surface area contributed by atoms with E-state index >= 15 is 0 Å². The van der Waals surface area contributed by atoms with Crippen molar-refractivity contribution in [3.8, 4) is 5.75 Å². The molecule has 3 aromatic rings. The Balaban J connectivity index is 1.38. The lowest BCUT2D eigenvalue weighted by Gasteiger charge is -2.09. The lowest BCUT2D eigenvalue weighted by Crippen LogP contribution is -2.29. The second-order valence-corrected chi connectivity index (χ2v) is 7.36. The Hall–Kier alpha value is -3.00. The van der Waals surface area contributed by atoms with E-state index in [1.54, 1.807) is 19.5 Å². The number of methoxy groups -OCH3 is 1. The van der Waals surface area contributed by atoms with Crippen LogP contribution in [-0.2, 0) is 17.8 Å². The van der Waals surface area contributed by atoms with Gasteiger partial charge in [-0.2, -0.15) is 5.10 Å². The van der Waals surface area contributed by atoms with E-state index < -0.39 is 0 Å². The summed E-state index contributed by atoms with van der Waals surface area (Å²) in [4.78, 5) is 21.3. The normalized spacial score (nSPS) is 16.3. The zero-order valence-electron chi connectivity index (χ0n) is 16.8. The Labute approximate surface area is 169 Å². The second kappa shape index (κ2) is 8.57. The number of hydrogen-bond acceptors (Lipinski definition) is 6. The van der Waals surface area contributed by atoms with E-state index in [0.717, 1.165) is 53.2 Å². The largest absolute Gasteiger partial charge is 0.496 e. The molecule has 0 saturated carbocycles. The van der Waals surface area contributed by atoms with Gasteiger partial charge < -0.3 is 15.4 Å². The molecule has 0 spiro atoms. The van der Waals surface area contributed by atoms with Gasteiger partial charge in [-0.3, -0.25) is 4.79 Å². The van der Waals surface area contributed by atoms with E-state index in [1.807, 2.05) is 29.8 Å². The minimum Gasteiger partial charge on any atom is -0.496 e. The minimum atomic E-state index is -0.0164. The highest BCUT2D eigenvalue weighted by Crippen LogP contribution is 2.26. The van der Waals surface area contributed by atoms with Crippen LogP contribution in [0, 0.1) is 6.92 Å². The van der Waals surface area contributed by atoms with Crippen molar-refractivity contribution in [3.05, 3.63) is 47.4 Å². The summed E-state index contributed by atoms with van der Waals surface area (Å²) < 4.78 is 7.12. The van der Waals surface area contributed by atoms with Crippen LogP contribution in [-0.4, -0.2) is 52.4 Å². The predicted molar refractivity (Wildman–Crippen MR) is 110 cm³/mol. The third kappa shape index (κ3) is 4.22. The van der Waals surface area contributed by atoms with Crippen LogP contribution in [0.2, 0.25) is 0 Å². The summed E-state index contributed by atoms with van der Waals surface area (Å²) in [6, 6.07) is 5.80. The van der Waals surface area contributed by atoms with Crippen LogP contribution in [0.4, 0.5) is 0 Å². The number of rotatable bonds is 7. The molecular weight excluding hydrogens is 368 g/mol. The highest BCUT2D eigenvalue weighted by Gasteiger charge is 2.24. The molecule has 1 aromatic carbocycles. The van der Waals surface area contributed by atoms with Crippen molar-refractivity contribution < 1.29 is 9.53 Å². The molecule has 8 heteroatoms. The van der Waals surface area contributed by atoms with Crippen molar-refractivity contribution in [2.45, 2.75) is 32.2 Å². The Morgan fingerprint density at radius 3 is 2.97 bits per heavy atom. The molecule has 2 N–H and O–H groups in total. The number of amides is 1. The van der Waals surface area contributed by atoms with Gasteiger partial charge in [0.15, 0.2) is 5.65 Å². The van der Waals surface area contributed by atoms with Crippen LogP contribution >= 0.6 is 0 Å². The average Bonchev–Trinajstić information content (AvgIpc) is 3.36. The maximum Gasteiger partial charge on any atom is 0.224 e. The fourth-order valence-corrected chi connectivity index (χ4v) is 3.84. The maximum absolute atomic E-state index is 12.3. The first kappa shape index (κ1) is 19.3. The molecule has 1 saturated heterocycles. The van der Waals surface area contributed by atoms with Gasteiger partial charge in [-0.25, -0.2) is 14.6 Å². The number of aryl methyl sites for hydroxylation is 1. The Bertz CT molecular complexity index is 1010. The molecule has 1 aliphatic rings. The van der Waals surface area contributed by atoms with Crippen molar-refractivity contribution in [3.63, 3.8) is 0 Å². The molecule has 3 heterocycles. The van der Waals surface area contributed by atoms with Crippen LogP contribution in [0.5, 0.6) is 5.75 Å². The quantitative estimate of drug-likeness (QED) is 0.632. The second-order valence-electron chi connectivity index (χ2n) is 7.36. The first-order chi connectivity index (χ1) is 14.2. The van der Waals surface area contributed by atoms with Crippen molar-refractivity contribution >= 4 is 17.1 Å². The molecular formula is C21H26N6O2. The zero-order chi connectivity index (χ0) is 20.2. The predicted octanol–water partition coefficient (Wildman–Crippen LogP) is 1.58. The topological polar surface area (TPSA) is 94.0 Å². The zero-order valence-corrected chi connectivity index (χ0v) is 16.8. The number of benzene rings is 1. The molecule has 0 unspecified atom stereocenters. The molecule has 152 valence electrons. The number of carbonyl (C=O) groups is 1. The first-order valence-electron chi connectivity index (χ1n) is 9.94. The number of hydrogen-bond donors (Lipinski definition) is 2. The lowest BCUT2D eigenvalue weighted by molar-refractivity contribution is -0.120. The number of aromatic nitrogens is 4. The van der Waals surface area contributed by atoms with Crippen LogP contribution in [0.15, 0.2) is 30.6 Å². The Morgan fingerprint density at radius 2 is 2.21 bits per heavy atom. The summed E-state index contributed by atoms with van der Waals surface area (Å²) in [6.07, 6.45) is 4.78. The SMILES string of the molecule is COc1ccc(CC(=O)NCCn2nc([C@H]3CCNC3)c3nccnc32)cc1C. The van der Waals surface area contributed by atoms with Gasteiger partial charge in [0.05, 0.1) is 25.8 Å². The highest BCUT2D eigenvalue weighted by atomic mass is 16.5. The van der Waals surface area contributed by atoms with Crippen molar-refractivity contribution in [1.82, 2.24) is 30.4 Å². The smallest absolute Gasteiger partial charge is 0.224 e. The molecule has 1 fully saturated rings. The van der Waals surface area contributed by atoms with Gasteiger partial charge in [-0.15, -0.1) is 0 Å². The number of nitrogens with zero attached hydrogens (tertiary/aromatic N) is 4. The molecule has 0 bridgehead atoms. The molecule has 0 radical (unpaired) electrons. The van der Waals surface area contributed by atoms with E-state index in [9.17, 15) is 4.79 Å². The fraction of sp³-hybridized carbons (Fsp3) is 0.429. The minimum absolute atomic E-state index is 0.0164. The summed E-state index contributed by atoms with van der Waals surface area (Å²) in [5.41, 5.74) is 4.62. The number of fused-ring (bicyclic) bond motifs is 1. The van der Waals surface area contributed by atoms with Crippen LogP contribution < -0.4 is 15.4 Å². The van der Waals surface area contributed by atoms with Crippen molar-refractivity contribution in [2.24, 2.45) is 0 Å². The maximum atomic E-state index is 12.3. The number of ether oxygens (including phenoxy) is 1. The third-order valence-electron chi connectivity index (χ3n) is 5.31. The van der Waals surface area contributed by atoms with E-state index in [2.05, 4.69) is 20.6 Å². The summed E-state index contributed by atoms with van der Waals surface area (Å²) in [5.74, 6) is 1.18. The van der Waals surface area contributed by atoms with E-state index in [-0.39, 0.29) is 5.91 Å². The van der Waals surface area contributed by atoms with Gasteiger partial charge in [0.2, 0.25) is 5.91 Å². The molecule has 0 aliphatic carbocycles. The van der Waals surface area contributed by atoms with E-state index in [4.69, 9.17) is 9.84 Å². The van der Waals surface area contributed by atoms with Crippen molar-refractivity contribution in [1.29, 1.82) is 0 Å². The lowest BCUT2D eigenvalue weighted by atomic mass is 10.0. The molecule has 1 aliphatic heterocycles. The monoisotopic (exact) mass is 394 g/mol. The third-order valence-corrected chi connectivity index (χ3v) is 5.31. The van der Waals surface area contributed by atoms with Gasteiger partial charge in [0.25, 0.3) is 0 Å². The van der Waals surface area contributed by atoms with Crippen LogP contribution in [0.25, 0.3) is 11.2 Å². The van der Waals surface area contributed by atoms with Gasteiger partial charge >= 0.3 is 0 Å². The number of carbonyl (C=O) groups excluding carboxylic acids is 1. The van der Waals surface area contributed by atoms with Gasteiger partial charge in [-0.05, 0) is 37.1 Å². The molecule has 29 heavy (non-hydrogen) atoms. The summed E-state index contributed by atoms with van der Waals surface area (Å²) in [5, 5.41) is 11.1. The van der Waals surface area contributed by atoms with Gasteiger partial charge in [0, 0.05) is 31.4 Å². The van der Waals surface area contributed by atoms with Crippen LogP contribution in [0.3, 0.4) is 0 Å². The van der Waals surface area contributed by atoms with E-state index in [0.29, 0.717) is 25.4 Å². The Kier molecular flexibility index (Phi) is 5.71. The molecule has 4 rings (SSSR count).